The minimum absolute atomic E-state index is 0.00919. The molecule has 0 unspecified atom stereocenters. The highest BCUT2D eigenvalue weighted by molar-refractivity contribution is 5.96. The van der Waals surface area contributed by atoms with Gasteiger partial charge in [0.2, 0.25) is 5.91 Å². The van der Waals surface area contributed by atoms with Gasteiger partial charge in [0.15, 0.2) is 17.2 Å². The normalized spacial score (nSPS) is 12.0. The van der Waals surface area contributed by atoms with Crippen LogP contribution in [0.1, 0.15) is 34.1 Å². The second kappa shape index (κ2) is 9.72. The fraction of sp³-hybridized carbons (Fsp3) is 0.174. The maximum Gasteiger partial charge on any atom is 0.434 e. The monoisotopic (exact) mass is 540 g/mol. The van der Waals surface area contributed by atoms with Crippen LogP contribution in [-0.2, 0) is 23.7 Å². The zero-order chi connectivity index (χ0) is 27.8. The van der Waals surface area contributed by atoms with Crippen molar-refractivity contribution in [1.82, 2.24) is 24.9 Å². The molecule has 38 heavy (non-hydrogen) atoms. The van der Waals surface area contributed by atoms with Crippen LogP contribution >= 0.6 is 0 Å². The van der Waals surface area contributed by atoms with Gasteiger partial charge in [0.25, 0.3) is 5.91 Å². The lowest BCUT2D eigenvalue weighted by Crippen LogP contribution is -2.27. The molecule has 3 heterocycles. The SMILES string of the molecule is CC(=O)Nc1cn2nc(-c3cnc(C(F)(F)F)c(C(=O)NCc4cc(C(F)(F)F)ccc4F)c3)ccc2n1. The van der Waals surface area contributed by atoms with Crippen molar-refractivity contribution in [2.45, 2.75) is 25.8 Å². The first kappa shape index (κ1) is 26.5. The van der Waals surface area contributed by atoms with E-state index in [1.54, 1.807) is 0 Å². The molecule has 1 aromatic carbocycles. The number of pyridine rings is 1. The molecule has 2 N–H and O–H groups in total. The number of hydrogen-bond acceptors (Lipinski definition) is 5. The topological polar surface area (TPSA) is 101 Å². The van der Waals surface area contributed by atoms with Gasteiger partial charge in [0.05, 0.1) is 23.0 Å². The Kier molecular flexibility index (Phi) is 6.78. The Bertz CT molecular complexity index is 1550. The van der Waals surface area contributed by atoms with Gasteiger partial charge in [-0.25, -0.2) is 13.9 Å². The second-order valence-electron chi connectivity index (χ2n) is 7.93. The molecule has 4 rings (SSSR count). The van der Waals surface area contributed by atoms with Crippen molar-refractivity contribution >= 4 is 23.3 Å². The predicted molar refractivity (Wildman–Crippen MR) is 118 cm³/mol. The number of carbonyl (C=O) groups is 2. The Balaban J connectivity index is 1.66. The maximum absolute atomic E-state index is 14.0. The van der Waals surface area contributed by atoms with E-state index in [4.69, 9.17) is 0 Å². The standard InChI is InChI=1S/C23H15F7N6O2/c1-11(37)33-18-10-36-19(34-18)5-4-17(35-36)13-7-15(20(31-9-13)23(28,29)30)21(38)32-8-12-6-14(22(25,26)27)2-3-16(12)24/h2-7,9-10H,8H2,1H3,(H,32,38)(H,33,37). The third-order valence-electron chi connectivity index (χ3n) is 5.13. The summed E-state index contributed by atoms with van der Waals surface area (Å²) in [6.07, 6.45) is -7.65. The van der Waals surface area contributed by atoms with Crippen LogP contribution in [0.4, 0.5) is 36.6 Å². The molecule has 4 aromatic rings. The van der Waals surface area contributed by atoms with E-state index in [1.165, 1.54) is 29.8 Å². The molecule has 0 spiro atoms. The van der Waals surface area contributed by atoms with E-state index in [0.717, 1.165) is 12.3 Å². The summed E-state index contributed by atoms with van der Waals surface area (Å²) in [4.78, 5) is 31.4. The number of nitrogens with one attached hydrogen (secondary N) is 2. The molecule has 0 bridgehead atoms. The molecule has 0 radical (unpaired) electrons. The molecule has 0 saturated heterocycles. The first-order chi connectivity index (χ1) is 17.7. The molecule has 0 aliphatic rings. The first-order valence-corrected chi connectivity index (χ1v) is 10.6. The van der Waals surface area contributed by atoms with Gasteiger partial charge in [-0.1, -0.05) is 0 Å². The number of aromatic nitrogens is 4. The summed E-state index contributed by atoms with van der Waals surface area (Å²) in [6.45, 7) is 0.450. The van der Waals surface area contributed by atoms with Gasteiger partial charge in [0.1, 0.15) is 5.82 Å². The van der Waals surface area contributed by atoms with Crippen LogP contribution in [0, 0.1) is 5.82 Å². The van der Waals surface area contributed by atoms with Gasteiger partial charge in [-0.15, -0.1) is 0 Å². The van der Waals surface area contributed by atoms with Gasteiger partial charge in [-0.3, -0.25) is 14.6 Å². The highest BCUT2D eigenvalue weighted by Crippen LogP contribution is 2.33. The van der Waals surface area contributed by atoms with Crippen LogP contribution in [-0.4, -0.2) is 31.4 Å². The second-order valence-corrected chi connectivity index (χ2v) is 7.93. The van der Waals surface area contributed by atoms with Gasteiger partial charge < -0.3 is 10.6 Å². The van der Waals surface area contributed by atoms with Crippen molar-refractivity contribution in [3.05, 3.63) is 77.0 Å². The highest BCUT2D eigenvalue weighted by Gasteiger charge is 2.37. The number of halogens is 7. The van der Waals surface area contributed by atoms with E-state index in [1.807, 2.05) is 5.32 Å². The van der Waals surface area contributed by atoms with Crippen LogP contribution in [0.5, 0.6) is 0 Å². The number of benzene rings is 1. The molecule has 15 heteroatoms. The lowest BCUT2D eigenvalue weighted by Gasteiger charge is -2.14. The Labute approximate surface area is 208 Å². The molecule has 8 nitrogen and oxygen atoms in total. The Morgan fingerprint density at radius 1 is 1.00 bits per heavy atom. The fourth-order valence-electron chi connectivity index (χ4n) is 3.44. The van der Waals surface area contributed by atoms with Crippen molar-refractivity contribution in [1.29, 1.82) is 0 Å². The van der Waals surface area contributed by atoms with Crippen LogP contribution < -0.4 is 10.6 Å². The number of imidazole rings is 1. The van der Waals surface area contributed by atoms with Crippen molar-refractivity contribution in [2.24, 2.45) is 0 Å². The molecule has 3 aromatic heterocycles. The quantitative estimate of drug-likeness (QED) is 0.353. The molecule has 0 fully saturated rings. The first-order valence-electron chi connectivity index (χ1n) is 10.6. The number of rotatable bonds is 5. The molecule has 0 aliphatic heterocycles. The summed E-state index contributed by atoms with van der Waals surface area (Å²) >= 11 is 0. The van der Waals surface area contributed by atoms with Gasteiger partial charge in [-0.05, 0) is 36.4 Å². The van der Waals surface area contributed by atoms with E-state index in [-0.39, 0.29) is 23.0 Å². The predicted octanol–water partition coefficient (Wildman–Crippen LogP) is 4.86. The number of amides is 2. The number of alkyl halides is 6. The summed E-state index contributed by atoms with van der Waals surface area (Å²) in [5, 5.41) is 8.67. The van der Waals surface area contributed by atoms with Gasteiger partial charge in [-0.2, -0.15) is 31.4 Å². The maximum atomic E-state index is 14.0. The Morgan fingerprint density at radius 3 is 2.39 bits per heavy atom. The summed E-state index contributed by atoms with van der Waals surface area (Å²) in [7, 11) is 0. The van der Waals surface area contributed by atoms with Crippen LogP contribution in [0.2, 0.25) is 0 Å². The van der Waals surface area contributed by atoms with Crippen molar-refractivity contribution < 1.29 is 40.3 Å². The van der Waals surface area contributed by atoms with E-state index >= 15 is 0 Å². The van der Waals surface area contributed by atoms with Gasteiger partial charge in [0, 0.05) is 30.8 Å². The average Bonchev–Trinajstić information content (AvgIpc) is 3.22. The van der Waals surface area contributed by atoms with E-state index in [2.05, 4.69) is 20.4 Å². The third-order valence-corrected chi connectivity index (χ3v) is 5.13. The Morgan fingerprint density at radius 2 is 1.74 bits per heavy atom. The summed E-state index contributed by atoms with van der Waals surface area (Å²) in [6, 6.07) is 5.20. The third kappa shape index (κ3) is 5.71. The van der Waals surface area contributed by atoms with E-state index < -0.39 is 53.0 Å². The summed E-state index contributed by atoms with van der Waals surface area (Å²) in [5.41, 5.74) is -3.89. The van der Waals surface area contributed by atoms with E-state index in [9.17, 15) is 40.3 Å². The minimum Gasteiger partial charge on any atom is -0.348 e. The molecule has 0 aliphatic carbocycles. The number of fused-ring (bicyclic) bond motifs is 1. The van der Waals surface area contributed by atoms with Crippen molar-refractivity contribution in [2.75, 3.05) is 5.32 Å². The number of carbonyl (C=O) groups excluding carboxylic acids is 2. The molecule has 0 saturated carbocycles. The average molecular weight is 540 g/mol. The van der Waals surface area contributed by atoms with Crippen LogP contribution in [0.3, 0.4) is 0 Å². The number of nitrogens with zero attached hydrogens (tertiary/aromatic N) is 4. The molecule has 2 amide bonds. The van der Waals surface area contributed by atoms with Crippen molar-refractivity contribution in [3.63, 3.8) is 0 Å². The number of hydrogen-bond donors (Lipinski definition) is 2. The summed E-state index contributed by atoms with van der Waals surface area (Å²) in [5.74, 6) is -2.64. The lowest BCUT2D eigenvalue weighted by molar-refractivity contribution is -0.141. The molecule has 198 valence electrons. The number of anilines is 1. The Hall–Kier alpha value is -4.56. The van der Waals surface area contributed by atoms with Crippen LogP contribution in [0.25, 0.3) is 16.9 Å². The lowest BCUT2D eigenvalue weighted by atomic mass is 10.1. The largest absolute Gasteiger partial charge is 0.434 e. The molecular weight excluding hydrogens is 525 g/mol. The highest BCUT2D eigenvalue weighted by atomic mass is 19.4. The fourth-order valence-corrected chi connectivity index (χ4v) is 3.44. The minimum atomic E-state index is -5.05. The van der Waals surface area contributed by atoms with Gasteiger partial charge >= 0.3 is 12.4 Å². The van der Waals surface area contributed by atoms with E-state index in [0.29, 0.717) is 23.8 Å². The molecular formula is C23H15F7N6O2. The smallest absolute Gasteiger partial charge is 0.348 e. The molecule has 0 atom stereocenters. The summed E-state index contributed by atoms with van der Waals surface area (Å²) < 4.78 is 94.8. The zero-order valence-electron chi connectivity index (χ0n) is 19.1. The zero-order valence-corrected chi connectivity index (χ0v) is 19.1. The van der Waals surface area contributed by atoms with Crippen molar-refractivity contribution in [3.8, 4) is 11.3 Å². The van der Waals surface area contributed by atoms with Crippen LogP contribution in [0.15, 0.2) is 48.8 Å².